The Labute approximate surface area is 86.3 Å². The number of hydrogen-bond acceptors (Lipinski definition) is 2. The van der Waals surface area contributed by atoms with E-state index in [0.29, 0.717) is 5.82 Å². The minimum absolute atomic E-state index is 0.508. The highest BCUT2D eigenvalue weighted by Crippen LogP contribution is 2.24. The van der Waals surface area contributed by atoms with Gasteiger partial charge < -0.3 is 5.73 Å². The number of urea groups is 1. The molecule has 0 bridgehead atoms. The lowest BCUT2D eigenvalue weighted by Gasteiger charge is -2.02. The van der Waals surface area contributed by atoms with Gasteiger partial charge in [0.15, 0.2) is 0 Å². The molecule has 0 atom stereocenters. The van der Waals surface area contributed by atoms with Crippen LogP contribution in [0.1, 0.15) is 0 Å². The molecule has 5 heteroatoms. The molecule has 4 N–H and O–H groups in total. The molecule has 2 amide bonds. The molecule has 0 saturated carbocycles. The van der Waals surface area contributed by atoms with Crippen molar-refractivity contribution in [3.63, 3.8) is 0 Å². The average molecular weight is 202 g/mol. The van der Waals surface area contributed by atoms with Crippen molar-refractivity contribution in [3.05, 3.63) is 36.5 Å². The number of nitrogens with two attached hydrogens (primary N) is 1. The Morgan fingerprint density at radius 1 is 1.33 bits per heavy atom. The second-order valence-electron chi connectivity index (χ2n) is 3.01. The molecule has 15 heavy (non-hydrogen) atoms. The fourth-order valence-electron chi connectivity index (χ4n) is 1.34. The number of carbonyl (C=O) groups is 1. The van der Waals surface area contributed by atoms with E-state index in [1.54, 1.807) is 6.20 Å². The molecule has 1 heterocycles. The van der Waals surface area contributed by atoms with E-state index in [9.17, 15) is 4.79 Å². The number of aromatic amines is 1. The summed E-state index contributed by atoms with van der Waals surface area (Å²) in [6, 6.07) is 8.99. The highest BCUT2D eigenvalue weighted by molar-refractivity contribution is 5.91. The molecule has 0 aliphatic carbocycles. The third kappa shape index (κ3) is 1.96. The van der Waals surface area contributed by atoms with E-state index >= 15 is 0 Å². The molecular weight excluding hydrogens is 192 g/mol. The molecule has 5 nitrogen and oxygen atoms in total. The Hall–Kier alpha value is -2.30. The van der Waals surface area contributed by atoms with E-state index < -0.39 is 6.03 Å². The maximum Gasteiger partial charge on any atom is 0.317 e. The predicted molar refractivity (Wildman–Crippen MR) is 57.2 cm³/mol. The third-order valence-electron chi connectivity index (χ3n) is 1.97. The lowest BCUT2D eigenvalue weighted by Crippen LogP contribution is -2.19. The van der Waals surface area contributed by atoms with Gasteiger partial charge in [-0.15, -0.1) is 0 Å². The number of nitrogens with zero attached hydrogens (tertiary/aromatic N) is 1. The second kappa shape index (κ2) is 3.83. The van der Waals surface area contributed by atoms with Crippen LogP contribution in [0, 0.1) is 0 Å². The van der Waals surface area contributed by atoms with Crippen molar-refractivity contribution in [1.29, 1.82) is 0 Å². The molecular formula is C10H10N4O. The van der Waals surface area contributed by atoms with Gasteiger partial charge in [0.05, 0.1) is 6.20 Å². The first kappa shape index (κ1) is 9.26. The molecule has 0 aliphatic rings. The van der Waals surface area contributed by atoms with Crippen LogP contribution >= 0.6 is 0 Å². The maximum atomic E-state index is 10.7. The zero-order chi connectivity index (χ0) is 10.7. The molecule has 0 unspecified atom stereocenters. The van der Waals surface area contributed by atoms with Gasteiger partial charge in [0.1, 0.15) is 5.82 Å². The summed E-state index contributed by atoms with van der Waals surface area (Å²) in [5, 5.41) is 9.00. The van der Waals surface area contributed by atoms with Crippen LogP contribution in [-0.4, -0.2) is 16.2 Å². The summed E-state index contributed by atoms with van der Waals surface area (Å²) < 4.78 is 0. The fraction of sp³-hybridized carbons (Fsp3) is 0. The number of aromatic nitrogens is 2. The van der Waals surface area contributed by atoms with E-state index in [1.165, 1.54) is 0 Å². The lowest BCUT2D eigenvalue weighted by atomic mass is 10.1. The van der Waals surface area contributed by atoms with Crippen LogP contribution in [0.3, 0.4) is 0 Å². The number of benzene rings is 1. The van der Waals surface area contributed by atoms with Crippen molar-refractivity contribution in [2.24, 2.45) is 5.73 Å². The number of nitrogens with one attached hydrogen (secondary N) is 2. The van der Waals surface area contributed by atoms with E-state index in [1.807, 2.05) is 30.3 Å². The number of primary amides is 1. The normalized spacial score (nSPS) is 9.87. The summed E-state index contributed by atoms with van der Waals surface area (Å²) in [4.78, 5) is 10.7. The summed E-state index contributed by atoms with van der Waals surface area (Å²) in [5.74, 6) is 0.508. The number of anilines is 1. The van der Waals surface area contributed by atoms with Gasteiger partial charge >= 0.3 is 6.03 Å². The summed E-state index contributed by atoms with van der Waals surface area (Å²) >= 11 is 0. The zero-order valence-corrected chi connectivity index (χ0v) is 7.90. The van der Waals surface area contributed by atoms with Gasteiger partial charge in [-0.05, 0) is 5.56 Å². The number of rotatable bonds is 2. The summed E-state index contributed by atoms with van der Waals surface area (Å²) in [6.07, 6.45) is 1.64. The van der Waals surface area contributed by atoms with Gasteiger partial charge in [-0.25, -0.2) is 4.79 Å². The smallest absolute Gasteiger partial charge is 0.317 e. The van der Waals surface area contributed by atoms with Gasteiger partial charge in [0.25, 0.3) is 0 Å². The van der Waals surface area contributed by atoms with E-state index in [0.717, 1.165) is 11.1 Å². The standard InChI is InChI=1S/C10H10N4O/c11-10(15)13-9-8(6-12-14-9)7-4-2-1-3-5-7/h1-6H,(H4,11,12,13,14,15). The van der Waals surface area contributed by atoms with Gasteiger partial charge in [-0.3, -0.25) is 10.4 Å². The Kier molecular flexibility index (Phi) is 2.37. The van der Waals surface area contributed by atoms with Crippen molar-refractivity contribution in [2.45, 2.75) is 0 Å². The first-order valence-electron chi connectivity index (χ1n) is 4.42. The lowest BCUT2D eigenvalue weighted by molar-refractivity contribution is 0.259. The van der Waals surface area contributed by atoms with Crippen molar-refractivity contribution in [2.75, 3.05) is 5.32 Å². The van der Waals surface area contributed by atoms with E-state index in [-0.39, 0.29) is 0 Å². The minimum atomic E-state index is -0.614. The third-order valence-corrected chi connectivity index (χ3v) is 1.97. The molecule has 2 aromatic rings. The predicted octanol–water partition coefficient (Wildman–Crippen LogP) is 1.57. The number of amides is 2. The van der Waals surface area contributed by atoms with Crippen LogP contribution in [0.4, 0.5) is 10.6 Å². The van der Waals surface area contributed by atoms with Crippen LogP contribution < -0.4 is 11.1 Å². The Morgan fingerprint density at radius 2 is 2.07 bits per heavy atom. The molecule has 1 aromatic carbocycles. The topological polar surface area (TPSA) is 83.8 Å². The van der Waals surface area contributed by atoms with Crippen LogP contribution in [0.2, 0.25) is 0 Å². The number of carbonyl (C=O) groups excluding carboxylic acids is 1. The van der Waals surface area contributed by atoms with Gasteiger partial charge in [0, 0.05) is 5.56 Å². The Bertz CT molecular complexity index is 463. The quantitative estimate of drug-likeness (QED) is 0.690. The maximum absolute atomic E-state index is 10.7. The largest absolute Gasteiger partial charge is 0.351 e. The van der Waals surface area contributed by atoms with E-state index in [2.05, 4.69) is 15.5 Å². The fourth-order valence-corrected chi connectivity index (χ4v) is 1.34. The SMILES string of the molecule is NC(=O)Nc1[nH]ncc1-c1ccccc1. The van der Waals surface area contributed by atoms with Crippen molar-refractivity contribution in [1.82, 2.24) is 10.2 Å². The van der Waals surface area contributed by atoms with Crippen LogP contribution in [0.25, 0.3) is 11.1 Å². The van der Waals surface area contributed by atoms with Crippen LogP contribution in [-0.2, 0) is 0 Å². The molecule has 0 aliphatic heterocycles. The summed E-state index contributed by atoms with van der Waals surface area (Å²) in [5.41, 5.74) is 6.81. The zero-order valence-electron chi connectivity index (χ0n) is 7.90. The van der Waals surface area contributed by atoms with Crippen LogP contribution in [0.5, 0.6) is 0 Å². The molecule has 0 spiro atoms. The highest BCUT2D eigenvalue weighted by atomic mass is 16.2. The van der Waals surface area contributed by atoms with E-state index in [4.69, 9.17) is 5.73 Å². The number of H-pyrrole nitrogens is 1. The minimum Gasteiger partial charge on any atom is -0.351 e. The van der Waals surface area contributed by atoms with Crippen LogP contribution in [0.15, 0.2) is 36.5 Å². The average Bonchev–Trinajstić information content (AvgIpc) is 2.66. The van der Waals surface area contributed by atoms with Crippen molar-refractivity contribution in [3.8, 4) is 11.1 Å². The summed E-state index contributed by atoms with van der Waals surface area (Å²) in [6.45, 7) is 0. The second-order valence-corrected chi connectivity index (χ2v) is 3.01. The molecule has 0 radical (unpaired) electrons. The first-order chi connectivity index (χ1) is 7.27. The molecule has 2 rings (SSSR count). The molecule has 0 saturated heterocycles. The highest BCUT2D eigenvalue weighted by Gasteiger charge is 2.07. The molecule has 0 fully saturated rings. The van der Waals surface area contributed by atoms with Gasteiger partial charge in [0.2, 0.25) is 0 Å². The van der Waals surface area contributed by atoms with Crippen molar-refractivity contribution >= 4 is 11.8 Å². The Morgan fingerprint density at radius 3 is 2.73 bits per heavy atom. The first-order valence-corrected chi connectivity index (χ1v) is 4.42. The Balaban J connectivity index is 2.37. The molecule has 1 aromatic heterocycles. The monoisotopic (exact) mass is 202 g/mol. The van der Waals surface area contributed by atoms with Gasteiger partial charge in [-0.2, -0.15) is 5.10 Å². The molecule has 76 valence electrons. The van der Waals surface area contributed by atoms with Gasteiger partial charge in [-0.1, -0.05) is 30.3 Å². The number of hydrogen-bond donors (Lipinski definition) is 3. The summed E-state index contributed by atoms with van der Waals surface area (Å²) in [7, 11) is 0. The van der Waals surface area contributed by atoms with Crippen molar-refractivity contribution < 1.29 is 4.79 Å².